The number of ether oxygens (including phenoxy) is 1. The van der Waals surface area contributed by atoms with Gasteiger partial charge in [0, 0.05) is 5.69 Å². The van der Waals surface area contributed by atoms with E-state index in [9.17, 15) is 19.2 Å². The molecule has 3 N–H and O–H groups in total. The first-order chi connectivity index (χ1) is 13.5. The average molecular weight is 381 g/mol. The molecule has 2 aromatic rings. The van der Waals surface area contributed by atoms with E-state index in [4.69, 9.17) is 4.74 Å². The smallest absolute Gasteiger partial charge is 0.338 e. The van der Waals surface area contributed by atoms with Crippen LogP contribution in [-0.2, 0) is 14.3 Å². The van der Waals surface area contributed by atoms with Crippen molar-refractivity contribution in [1.29, 1.82) is 0 Å². The van der Waals surface area contributed by atoms with E-state index in [0.29, 0.717) is 22.5 Å². The Hall–Kier alpha value is -3.68. The predicted octanol–water partition coefficient (Wildman–Crippen LogP) is 1.94. The highest BCUT2D eigenvalue weighted by Gasteiger charge is 2.29. The van der Waals surface area contributed by atoms with Crippen LogP contribution < -0.4 is 16.0 Å². The molecular formula is C20H19N3O5. The lowest BCUT2D eigenvalue weighted by molar-refractivity contribution is -0.122. The average Bonchev–Trinajstić information content (AvgIpc) is 2.79. The normalized spacial score (nSPS) is 15.5. The Morgan fingerprint density at radius 2 is 1.79 bits per heavy atom. The van der Waals surface area contributed by atoms with Crippen LogP contribution in [0.25, 0.3) is 0 Å². The van der Waals surface area contributed by atoms with Crippen LogP contribution in [0.15, 0.2) is 48.5 Å². The third kappa shape index (κ3) is 4.35. The molecule has 3 rings (SSSR count). The molecule has 0 unspecified atom stereocenters. The quantitative estimate of drug-likeness (QED) is 0.685. The van der Waals surface area contributed by atoms with E-state index >= 15 is 0 Å². The number of fused-ring (bicyclic) bond motifs is 1. The molecule has 0 aliphatic carbocycles. The summed E-state index contributed by atoms with van der Waals surface area (Å²) in [4.78, 5) is 48.6. The molecule has 1 heterocycles. The van der Waals surface area contributed by atoms with Crippen LogP contribution in [0, 0.1) is 0 Å². The summed E-state index contributed by atoms with van der Waals surface area (Å²) in [7, 11) is 0. The molecule has 0 radical (unpaired) electrons. The molecule has 8 heteroatoms. The molecule has 0 aromatic heterocycles. The Balaban J connectivity index is 1.62. The number of amides is 3. The minimum Gasteiger partial charge on any atom is -0.462 e. The predicted molar refractivity (Wildman–Crippen MR) is 102 cm³/mol. The lowest BCUT2D eigenvalue weighted by Crippen LogP contribution is -2.43. The second-order valence-electron chi connectivity index (χ2n) is 6.11. The summed E-state index contributed by atoms with van der Waals surface area (Å²) in [6.07, 6.45) is -0.231. The highest BCUT2D eigenvalue weighted by atomic mass is 16.5. The molecule has 0 bridgehead atoms. The van der Waals surface area contributed by atoms with Crippen LogP contribution >= 0.6 is 0 Å². The van der Waals surface area contributed by atoms with Gasteiger partial charge in [-0.05, 0) is 43.3 Å². The molecule has 0 saturated carbocycles. The standard InChI is InChI=1S/C20H19N3O5/c1-2-28-20(27)12-7-9-13(10-8-12)21-17(24)11-16-19(26)22-15-6-4-3-5-14(15)18(25)23-16/h3-10,16H,2,11H2,1H3,(H,21,24)(H,22,26)(H,23,25)/t16-/m0/s1. The number of para-hydroxylation sites is 1. The van der Waals surface area contributed by atoms with Gasteiger partial charge in [0.25, 0.3) is 5.91 Å². The summed E-state index contributed by atoms with van der Waals surface area (Å²) < 4.78 is 4.90. The molecule has 1 aliphatic rings. The molecule has 1 aliphatic heterocycles. The van der Waals surface area contributed by atoms with Crippen molar-refractivity contribution in [2.75, 3.05) is 17.2 Å². The van der Waals surface area contributed by atoms with Crippen molar-refractivity contribution < 1.29 is 23.9 Å². The van der Waals surface area contributed by atoms with E-state index in [2.05, 4.69) is 16.0 Å². The lowest BCUT2D eigenvalue weighted by Gasteiger charge is -2.14. The SMILES string of the molecule is CCOC(=O)c1ccc(NC(=O)C[C@@H]2NC(=O)c3ccccc3NC2=O)cc1. The van der Waals surface area contributed by atoms with Gasteiger partial charge in [0.1, 0.15) is 6.04 Å². The minimum absolute atomic E-state index is 0.231. The van der Waals surface area contributed by atoms with E-state index in [1.807, 2.05) is 0 Å². The number of benzene rings is 2. The van der Waals surface area contributed by atoms with Crippen LogP contribution in [-0.4, -0.2) is 36.3 Å². The third-order valence-corrected chi connectivity index (χ3v) is 4.12. The number of esters is 1. The van der Waals surface area contributed by atoms with Gasteiger partial charge in [0.2, 0.25) is 11.8 Å². The zero-order valence-electron chi connectivity index (χ0n) is 15.2. The van der Waals surface area contributed by atoms with Crippen molar-refractivity contribution in [3.8, 4) is 0 Å². The van der Waals surface area contributed by atoms with Crippen LogP contribution in [0.3, 0.4) is 0 Å². The fraction of sp³-hybridized carbons (Fsp3) is 0.200. The van der Waals surface area contributed by atoms with Gasteiger partial charge in [-0.25, -0.2) is 4.79 Å². The van der Waals surface area contributed by atoms with Crippen molar-refractivity contribution in [1.82, 2.24) is 5.32 Å². The van der Waals surface area contributed by atoms with E-state index in [1.54, 1.807) is 43.3 Å². The summed E-state index contributed by atoms with van der Waals surface area (Å²) in [5, 5.41) is 7.86. The molecule has 144 valence electrons. The van der Waals surface area contributed by atoms with Gasteiger partial charge < -0.3 is 20.7 Å². The van der Waals surface area contributed by atoms with Gasteiger partial charge in [0.05, 0.1) is 29.8 Å². The molecule has 2 aromatic carbocycles. The number of nitrogens with one attached hydrogen (secondary N) is 3. The largest absolute Gasteiger partial charge is 0.462 e. The van der Waals surface area contributed by atoms with Gasteiger partial charge in [-0.2, -0.15) is 0 Å². The van der Waals surface area contributed by atoms with Gasteiger partial charge in [-0.15, -0.1) is 0 Å². The summed E-state index contributed by atoms with van der Waals surface area (Å²) in [6.45, 7) is 1.99. The minimum atomic E-state index is -1.00. The van der Waals surface area contributed by atoms with Crippen LogP contribution in [0.5, 0.6) is 0 Å². The highest BCUT2D eigenvalue weighted by Crippen LogP contribution is 2.19. The van der Waals surface area contributed by atoms with Crippen molar-refractivity contribution >= 4 is 35.1 Å². The second kappa shape index (κ2) is 8.34. The lowest BCUT2D eigenvalue weighted by atomic mass is 10.1. The first-order valence-corrected chi connectivity index (χ1v) is 8.75. The van der Waals surface area contributed by atoms with Crippen LogP contribution in [0.2, 0.25) is 0 Å². The fourth-order valence-corrected chi connectivity index (χ4v) is 2.76. The summed E-state index contributed by atoms with van der Waals surface area (Å²) in [5.74, 6) is -1.79. The van der Waals surface area contributed by atoms with E-state index in [1.165, 1.54) is 12.1 Å². The zero-order valence-corrected chi connectivity index (χ0v) is 15.2. The summed E-state index contributed by atoms with van der Waals surface area (Å²) in [5.41, 5.74) is 1.57. The number of rotatable bonds is 5. The van der Waals surface area contributed by atoms with Gasteiger partial charge in [-0.1, -0.05) is 12.1 Å². The van der Waals surface area contributed by atoms with Crippen molar-refractivity contribution in [3.05, 3.63) is 59.7 Å². The van der Waals surface area contributed by atoms with E-state index < -0.39 is 29.7 Å². The summed E-state index contributed by atoms with van der Waals surface area (Å²) in [6, 6.07) is 11.8. The maximum Gasteiger partial charge on any atom is 0.338 e. The number of anilines is 2. The van der Waals surface area contributed by atoms with E-state index in [-0.39, 0.29) is 13.0 Å². The first kappa shape index (κ1) is 19.1. The first-order valence-electron chi connectivity index (χ1n) is 8.75. The molecule has 1 atom stereocenters. The van der Waals surface area contributed by atoms with Gasteiger partial charge in [0.15, 0.2) is 0 Å². The highest BCUT2D eigenvalue weighted by molar-refractivity contribution is 6.11. The van der Waals surface area contributed by atoms with Crippen LogP contribution in [0.4, 0.5) is 11.4 Å². The third-order valence-electron chi connectivity index (χ3n) is 4.12. The molecule has 0 fully saturated rings. The van der Waals surface area contributed by atoms with E-state index in [0.717, 1.165) is 0 Å². The fourth-order valence-electron chi connectivity index (χ4n) is 2.76. The Morgan fingerprint density at radius 3 is 2.50 bits per heavy atom. The zero-order chi connectivity index (χ0) is 20.1. The molecule has 0 spiro atoms. The maximum absolute atomic E-state index is 12.3. The molecular weight excluding hydrogens is 362 g/mol. The monoisotopic (exact) mass is 381 g/mol. The maximum atomic E-state index is 12.3. The van der Waals surface area contributed by atoms with Crippen LogP contribution in [0.1, 0.15) is 34.1 Å². The molecule has 28 heavy (non-hydrogen) atoms. The Morgan fingerprint density at radius 1 is 1.07 bits per heavy atom. The van der Waals surface area contributed by atoms with Crippen molar-refractivity contribution in [2.24, 2.45) is 0 Å². The molecule has 3 amide bonds. The van der Waals surface area contributed by atoms with Gasteiger partial charge >= 0.3 is 5.97 Å². The Bertz CT molecular complexity index is 924. The number of hydrogen-bond donors (Lipinski definition) is 3. The Kier molecular flexibility index (Phi) is 5.69. The number of carbonyl (C=O) groups is 4. The summed E-state index contributed by atoms with van der Waals surface area (Å²) >= 11 is 0. The second-order valence-corrected chi connectivity index (χ2v) is 6.11. The topological polar surface area (TPSA) is 114 Å². The van der Waals surface area contributed by atoms with Gasteiger partial charge in [-0.3, -0.25) is 14.4 Å². The Labute approximate surface area is 161 Å². The van der Waals surface area contributed by atoms with Crippen molar-refractivity contribution in [3.63, 3.8) is 0 Å². The molecule has 0 saturated heterocycles. The number of carbonyl (C=O) groups excluding carboxylic acids is 4. The number of hydrogen-bond acceptors (Lipinski definition) is 5. The van der Waals surface area contributed by atoms with Crippen molar-refractivity contribution in [2.45, 2.75) is 19.4 Å². The molecule has 8 nitrogen and oxygen atoms in total.